The number of hydrogen-bond donors (Lipinski definition) is 4. The summed E-state index contributed by atoms with van der Waals surface area (Å²) in [5.41, 5.74) is 3.10. The van der Waals surface area contributed by atoms with Crippen LogP contribution >= 0.6 is 34.8 Å². The molecule has 0 saturated heterocycles. The first-order valence-electron chi connectivity index (χ1n) is 15.3. The lowest BCUT2D eigenvalue weighted by Gasteiger charge is -2.12. The third kappa shape index (κ3) is 6.62. The van der Waals surface area contributed by atoms with Crippen molar-refractivity contribution in [2.45, 2.75) is 16.2 Å². The zero-order chi connectivity index (χ0) is 36.2. The van der Waals surface area contributed by atoms with Gasteiger partial charge in [-0.15, -0.1) is 0 Å². The van der Waals surface area contributed by atoms with Crippen LogP contribution in [0.3, 0.4) is 0 Å². The Kier molecular flexibility index (Phi) is 8.51. The molecule has 0 aliphatic rings. The molecular formula is C35H23Cl3N6O6S2. The van der Waals surface area contributed by atoms with E-state index in [1.807, 2.05) is 0 Å². The first kappa shape index (κ1) is 33.9. The van der Waals surface area contributed by atoms with Gasteiger partial charge in [0.25, 0.3) is 20.0 Å². The number of H-pyrrole nitrogens is 2. The minimum absolute atomic E-state index is 0.00256. The van der Waals surface area contributed by atoms with Gasteiger partial charge in [-0.05, 0) is 96.0 Å². The lowest BCUT2D eigenvalue weighted by molar-refractivity contribution is 0.531. The third-order valence-corrected chi connectivity index (χ3v) is 11.7. The number of imidazole rings is 2. The Hall–Kier alpha value is -5.25. The fourth-order valence-electron chi connectivity index (χ4n) is 5.52. The molecule has 4 aromatic heterocycles. The van der Waals surface area contributed by atoms with Crippen LogP contribution in [0, 0.1) is 0 Å². The van der Waals surface area contributed by atoms with Gasteiger partial charge in [0, 0.05) is 6.42 Å². The maximum Gasteiger partial charge on any atom is 0.262 e. The molecule has 4 N–H and O–H groups in total. The molecule has 0 amide bonds. The molecule has 0 bridgehead atoms. The summed E-state index contributed by atoms with van der Waals surface area (Å²) >= 11 is 18.7. The van der Waals surface area contributed by atoms with Gasteiger partial charge in [-0.3, -0.25) is 9.44 Å². The normalized spacial score (nSPS) is 12.1. The summed E-state index contributed by atoms with van der Waals surface area (Å²) < 4.78 is 69.6. The number of halogens is 3. The number of furan rings is 2. The first-order valence-corrected chi connectivity index (χ1v) is 19.4. The Morgan fingerprint density at radius 3 is 1.81 bits per heavy atom. The number of sulfonamides is 2. The number of aromatic amines is 2. The lowest BCUT2D eigenvalue weighted by atomic mass is 10.1. The van der Waals surface area contributed by atoms with E-state index in [2.05, 4.69) is 29.4 Å². The molecule has 0 unspecified atom stereocenters. The SMILES string of the molecule is O=S(=O)(Nc1ccccc1Cl)c1ccc2nc(-c3ccc(Cc4cccc(NS(=O)(=O)c5ccc6nc(-c7ccc(Cl)o7)[nH]c6c5)c4Cl)o3)[nH]c2c1. The monoisotopic (exact) mass is 792 g/mol. The van der Waals surface area contributed by atoms with E-state index >= 15 is 0 Å². The summed E-state index contributed by atoms with van der Waals surface area (Å²) in [4.78, 5) is 15.2. The zero-order valence-electron chi connectivity index (χ0n) is 26.3. The largest absolute Gasteiger partial charge is 0.457 e. The molecule has 8 aromatic rings. The highest BCUT2D eigenvalue weighted by atomic mass is 35.5. The van der Waals surface area contributed by atoms with Crippen molar-refractivity contribution in [3.05, 3.63) is 130 Å². The number of nitrogens with zero attached hydrogens (tertiary/aromatic N) is 2. The molecule has 17 heteroatoms. The zero-order valence-corrected chi connectivity index (χ0v) is 30.2. The second-order valence-electron chi connectivity index (χ2n) is 11.5. The number of hydrogen-bond acceptors (Lipinski definition) is 8. The average Bonchev–Trinajstić information content (AvgIpc) is 3.93. The Bertz CT molecular complexity index is 2880. The van der Waals surface area contributed by atoms with Crippen LogP contribution in [-0.2, 0) is 26.5 Å². The predicted molar refractivity (Wildman–Crippen MR) is 200 cm³/mol. The number of anilines is 2. The summed E-state index contributed by atoms with van der Waals surface area (Å²) in [5.74, 6) is 2.15. The van der Waals surface area contributed by atoms with Crippen molar-refractivity contribution >= 4 is 88.3 Å². The standard InChI is InChI=1S/C35H23Cl3N6O6S2/c36-23-5-1-2-6-24(23)43-51(45,46)21-9-11-25-28(17-21)41-34(39-25)30-13-8-20(49-30)16-19-4-3-7-27(33(19)38)44-52(47,48)22-10-12-26-29(18-22)42-35(40-26)31-14-15-32(37)50-31/h1-15,17-18,43-44H,16H2,(H,39,41)(H,40,42). The minimum atomic E-state index is -4.05. The van der Waals surface area contributed by atoms with Crippen molar-refractivity contribution in [2.75, 3.05) is 9.44 Å². The molecule has 0 saturated carbocycles. The molecule has 4 aromatic carbocycles. The van der Waals surface area contributed by atoms with E-state index in [0.29, 0.717) is 56.6 Å². The highest BCUT2D eigenvalue weighted by Gasteiger charge is 2.21. The maximum atomic E-state index is 13.4. The smallest absolute Gasteiger partial charge is 0.262 e. The van der Waals surface area contributed by atoms with E-state index in [0.717, 1.165) is 0 Å². The molecule has 52 heavy (non-hydrogen) atoms. The van der Waals surface area contributed by atoms with Crippen LogP contribution < -0.4 is 9.44 Å². The Morgan fingerprint density at radius 1 is 0.615 bits per heavy atom. The summed E-state index contributed by atoms with van der Waals surface area (Å²) in [5, 5.41) is 0.678. The molecule has 0 spiro atoms. The van der Waals surface area contributed by atoms with E-state index in [1.165, 1.54) is 24.3 Å². The predicted octanol–water partition coefficient (Wildman–Crippen LogP) is 9.11. The summed E-state index contributed by atoms with van der Waals surface area (Å²) in [7, 11) is -7.99. The van der Waals surface area contributed by atoms with Crippen LogP contribution in [0.25, 0.3) is 45.2 Å². The van der Waals surface area contributed by atoms with Crippen LogP contribution in [-0.4, -0.2) is 36.8 Å². The highest BCUT2D eigenvalue weighted by Crippen LogP contribution is 2.33. The summed E-state index contributed by atoms with van der Waals surface area (Å²) in [6, 6.07) is 27.3. The molecule has 262 valence electrons. The molecule has 0 aliphatic heterocycles. The van der Waals surface area contributed by atoms with Crippen molar-refractivity contribution in [1.29, 1.82) is 0 Å². The van der Waals surface area contributed by atoms with Gasteiger partial charge in [-0.2, -0.15) is 0 Å². The third-order valence-electron chi connectivity index (χ3n) is 8.03. The van der Waals surface area contributed by atoms with E-state index < -0.39 is 20.0 Å². The van der Waals surface area contributed by atoms with Gasteiger partial charge in [0.2, 0.25) is 0 Å². The Labute approximate surface area is 310 Å². The van der Waals surface area contributed by atoms with Crippen LogP contribution in [0.5, 0.6) is 0 Å². The number of fused-ring (bicyclic) bond motifs is 2. The van der Waals surface area contributed by atoms with Crippen LogP contribution in [0.4, 0.5) is 11.4 Å². The van der Waals surface area contributed by atoms with Crippen molar-refractivity contribution in [1.82, 2.24) is 19.9 Å². The number of rotatable bonds is 10. The highest BCUT2D eigenvalue weighted by molar-refractivity contribution is 7.93. The Morgan fingerprint density at radius 2 is 1.19 bits per heavy atom. The fraction of sp³-hybridized carbons (Fsp3) is 0.0286. The molecule has 12 nitrogen and oxygen atoms in total. The van der Waals surface area contributed by atoms with E-state index in [-0.39, 0.29) is 42.9 Å². The number of benzene rings is 4. The average molecular weight is 794 g/mol. The molecule has 4 heterocycles. The van der Waals surface area contributed by atoms with E-state index in [9.17, 15) is 16.8 Å². The lowest BCUT2D eigenvalue weighted by Crippen LogP contribution is -2.13. The molecule has 0 fully saturated rings. The van der Waals surface area contributed by atoms with Crippen LogP contribution in [0.15, 0.2) is 122 Å². The molecule has 0 atom stereocenters. The van der Waals surface area contributed by atoms with Gasteiger partial charge >= 0.3 is 0 Å². The van der Waals surface area contributed by atoms with Gasteiger partial charge in [0.05, 0.1) is 53.3 Å². The number of para-hydroxylation sites is 1. The fourth-order valence-corrected chi connectivity index (χ4v) is 8.41. The second kappa shape index (κ2) is 13.1. The van der Waals surface area contributed by atoms with Crippen molar-refractivity contribution < 1.29 is 25.7 Å². The van der Waals surface area contributed by atoms with E-state index in [1.54, 1.807) is 78.9 Å². The van der Waals surface area contributed by atoms with Gasteiger partial charge in [-0.25, -0.2) is 26.8 Å². The molecular weight excluding hydrogens is 771 g/mol. The second-order valence-corrected chi connectivity index (χ2v) is 16.1. The number of nitrogens with one attached hydrogen (secondary N) is 4. The summed E-state index contributed by atoms with van der Waals surface area (Å²) in [6.45, 7) is 0. The van der Waals surface area contributed by atoms with E-state index in [4.69, 9.17) is 43.6 Å². The van der Waals surface area contributed by atoms with Crippen LogP contribution in [0.1, 0.15) is 11.3 Å². The first-order chi connectivity index (χ1) is 24.9. The van der Waals surface area contributed by atoms with Crippen molar-refractivity contribution in [3.63, 3.8) is 0 Å². The molecule has 0 aliphatic carbocycles. The van der Waals surface area contributed by atoms with Gasteiger partial charge in [0.15, 0.2) is 28.4 Å². The topological polar surface area (TPSA) is 176 Å². The van der Waals surface area contributed by atoms with Crippen molar-refractivity contribution in [2.24, 2.45) is 0 Å². The minimum Gasteiger partial charge on any atom is -0.457 e. The quantitative estimate of drug-likeness (QED) is 0.106. The number of aromatic nitrogens is 4. The van der Waals surface area contributed by atoms with Crippen molar-refractivity contribution in [3.8, 4) is 23.2 Å². The molecule has 0 radical (unpaired) electrons. The van der Waals surface area contributed by atoms with Crippen LogP contribution in [0.2, 0.25) is 15.3 Å². The molecule has 8 rings (SSSR count). The maximum absolute atomic E-state index is 13.4. The van der Waals surface area contributed by atoms with Gasteiger partial charge in [0.1, 0.15) is 5.76 Å². The Balaban J connectivity index is 0.990. The van der Waals surface area contributed by atoms with Gasteiger partial charge in [-0.1, -0.05) is 47.5 Å². The summed E-state index contributed by atoms with van der Waals surface area (Å²) in [6.07, 6.45) is 0.240. The van der Waals surface area contributed by atoms with Gasteiger partial charge < -0.3 is 18.8 Å².